The summed E-state index contributed by atoms with van der Waals surface area (Å²) < 4.78 is 31.6. The number of carbonyl (C=O) groups is 4. The van der Waals surface area contributed by atoms with E-state index in [1.54, 1.807) is 0 Å². The summed E-state index contributed by atoms with van der Waals surface area (Å²) in [6.07, 6.45) is -0.214. The summed E-state index contributed by atoms with van der Waals surface area (Å²) in [6.45, 7) is -1.66. The molecule has 1 unspecified atom stereocenters. The lowest BCUT2D eigenvalue weighted by atomic mass is 10.0. The molecule has 11 heteroatoms. The second-order valence-corrected chi connectivity index (χ2v) is 7.19. The van der Waals surface area contributed by atoms with Gasteiger partial charge in [-0.05, 0) is 37.5 Å². The zero-order valence-corrected chi connectivity index (χ0v) is 16.7. The van der Waals surface area contributed by atoms with Gasteiger partial charge in [-0.15, -0.1) is 0 Å². The molecule has 2 rings (SSSR count). The van der Waals surface area contributed by atoms with E-state index in [4.69, 9.17) is 21.4 Å². The molecule has 1 aliphatic rings. The number of benzene rings is 1. The Hall–Kier alpha value is -2.75. The first kappa shape index (κ1) is 23.5. The maximum atomic E-state index is 13.8. The van der Waals surface area contributed by atoms with Crippen LogP contribution in [0.3, 0.4) is 0 Å². The van der Waals surface area contributed by atoms with Gasteiger partial charge in [0, 0.05) is 17.1 Å². The van der Waals surface area contributed by atoms with Crippen molar-refractivity contribution >= 4 is 35.4 Å². The molecule has 0 bridgehead atoms. The van der Waals surface area contributed by atoms with E-state index >= 15 is 0 Å². The molecule has 1 heterocycles. The number of piperidine rings is 1. The smallest absolute Gasteiger partial charge is 0.410 e. The van der Waals surface area contributed by atoms with E-state index in [0.29, 0.717) is 12.8 Å². The summed E-state index contributed by atoms with van der Waals surface area (Å²) in [5.41, 5.74) is 0.0592. The molecule has 0 spiro atoms. The predicted octanol–water partition coefficient (Wildman–Crippen LogP) is 2.47. The van der Waals surface area contributed by atoms with E-state index in [2.05, 4.69) is 5.32 Å². The Kier molecular flexibility index (Phi) is 8.52. The number of carbonyl (C=O) groups excluding carboxylic acids is 3. The molecule has 1 saturated heterocycles. The fraction of sp³-hybridized carbons (Fsp3) is 0.474. The van der Waals surface area contributed by atoms with Crippen molar-refractivity contribution in [1.82, 2.24) is 10.2 Å². The van der Waals surface area contributed by atoms with Crippen LogP contribution in [0.2, 0.25) is 5.02 Å². The molecule has 8 nitrogen and oxygen atoms in total. The van der Waals surface area contributed by atoms with Crippen LogP contribution in [-0.2, 0) is 25.7 Å². The zero-order chi connectivity index (χ0) is 22.3. The summed E-state index contributed by atoms with van der Waals surface area (Å²) in [5.74, 6) is -3.85. The quantitative estimate of drug-likeness (QED) is 0.634. The molecular weight excluding hydrogens is 426 g/mol. The first-order valence-electron chi connectivity index (χ1n) is 9.21. The molecule has 0 radical (unpaired) electrons. The number of carboxylic acid groups (broad SMARTS) is 1. The van der Waals surface area contributed by atoms with Gasteiger partial charge in [-0.2, -0.15) is 0 Å². The van der Waals surface area contributed by atoms with E-state index in [9.17, 15) is 28.0 Å². The molecular formula is C19H21ClF2N2O6. The maximum Gasteiger partial charge on any atom is 0.410 e. The number of nitrogens with zero attached hydrogens (tertiary/aromatic N) is 1. The highest BCUT2D eigenvalue weighted by molar-refractivity contribution is 6.30. The molecule has 0 saturated carbocycles. The Balaban J connectivity index is 2.05. The van der Waals surface area contributed by atoms with Gasteiger partial charge in [0.2, 0.25) is 5.91 Å². The second-order valence-electron chi connectivity index (χ2n) is 6.75. The van der Waals surface area contributed by atoms with Crippen molar-refractivity contribution in [3.8, 4) is 0 Å². The van der Waals surface area contributed by atoms with E-state index < -0.39 is 61.4 Å². The number of Topliss-reactive ketones (excluding diaryl/α,β-unsaturated/α-hetero) is 1. The van der Waals surface area contributed by atoms with Crippen molar-refractivity contribution in [2.45, 2.75) is 44.4 Å². The van der Waals surface area contributed by atoms with E-state index in [0.717, 1.165) is 11.0 Å². The molecule has 2 atom stereocenters. The van der Waals surface area contributed by atoms with Crippen LogP contribution in [-0.4, -0.2) is 59.1 Å². The first-order chi connectivity index (χ1) is 14.2. The lowest BCUT2D eigenvalue weighted by Crippen LogP contribution is -2.55. The number of ketones is 1. The largest absolute Gasteiger partial charge is 0.481 e. The maximum absolute atomic E-state index is 13.8. The van der Waals surface area contributed by atoms with Crippen molar-refractivity contribution in [3.05, 3.63) is 34.6 Å². The Morgan fingerprint density at radius 3 is 2.70 bits per heavy atom. The number of nitrogens with one attached hydrogen (secondary N) is 1. The molecule has 1 aliphatic heterocycles. The number of hydrogen-bond acceptors (Lipinski definition) is 5. The third-order valence-electron chi connectivity index (χ3n) is 4.61. The highest BCUT2D eigenvalue weighted by Gasteiger charge is 2.35. The Bertz CT molecular complexity index is 822. The second kappa shape index (κ2) is 10.9. The van der Waals surface area contributed by atoms with Crippen molar-refractivity contribution in [2.24, 2.45) is 0 Å². The standard InChI is InChI=1S/C19H21ClF2N2O6/c20-12-4-5-13(22)11(7-12)10-30-19(29)24-6-2-1-3-15(24)18(28)23-14(8-17(26)27)16(25)9-21/h4-5,7,14-15H,1-3,6,8-10H2,(H,23,28)(H,26,27)/t14?,15-/m0/s1. The average molecular weight is 447 g/mol. The fourth-order valence-corrected chi connectivity index (χ4v) is 3.27. The lowest BCUT2D eigenvalue weighted by Gasteiger charge is -2.34. The van der Waals surface area contributed by atoms with Crippen LogP contribution in [0.1, 0.15) is 31.2 Å². The van der Waals surface area contributed by atoms with Crippen molar-refractivity contribution in [2.75, 3.05) is 13.2 Å². The number of hydrogen-bond donors (Lipinski definition) is 2. The predicted molar refractivity (Wildman–Crippen MR) is 101 cm³/mol. The van der Waals surface area contributed by atoms with Gasteiger partial charge in [0.25, 0.3) is 0 Å². The summed E-state index contributed by atoms with van der Waals surface area (Å²) in [4.78, 5) is 48.7. The Morgan fingerprint density at radius 2 is 2.03 bits per heavy atom. The highest BCUT2D eigenvalue weighted by atomic mass is 35.5. The Labute approximate surface area is 176 Å². The van der Waals surface area contributed by atoms with Crippen LogP contribution < -0.4 is 5.32 Å². The number of carboxylic acids is 1. The van der Waals surface area contributed by atoms with Crippen molar-refractivity contribution in [3.63, 3.8) is 0 Å². The number of alkyl halides is 1. The molecule has 164 valence electrons. The SMILES string of the molecule is O=C(O)CC(NC(=O)[C@@H]1CCCCN1C(=O)OCc1cc(Cl)ccc1F)C(=O)CF. The van der Waals surface area contributed by atoms with Gasteiger partial charge in [0.1, 0.15) is 31.2 Å². The van der Waals surface area contributed by atoms with E-state index in [1.165, 1.54) is 12.1 Å². The minimum atomic E-state index is -1.54. The molecule has 1 aromatic rings. The number of rotatable bonds is 8. The minimum absolute atomic E-state index is 0.0592. The average Bonchev–Trinajstić information content (AvgIpc) is 2.72. The molecule has 2 N–H and O–H groups in total. The number of ether oxygens (including phenoxy) is 1. The fourth-order valence-electron chi connectivity index (χ4n) is 3.08. The van der Waals surface area contributed by atoms with Crippen molar-refractivity contribution in [1.29, 1.82) is 0 Å². The van der Waals surface area contributed by atoms with Gasteiger partial charge in [-0.3, -0.25) is 19.3 Å². The van der Waals surface area contributed by atoms with Crippen LogP contribution in [0.5, 0.6) is 0 Å². The van der Waals surface area contributed by atoms with E-state index in [-0.39, 0.29) is 23.6 Å². The minimum Gasteiger partial charge on any atom is -0.481 e. The van der Waals surface area contributed by atoms with Gasteiger partial charge in [-0.1, -0.05) is 11.6 Å². The summed E-state index contributed by atoms with van der Waals surface area (Å²) in [6, 6.07) is 1.22. The number of halogens is 3. The van der Waals surface area contributed by atoms with Crippen molar-refractivity contribution < 1.29 is 37.8 Å². The highest BCUT2D eigenvalue weighted by Crippen LogP contribution is 2.20. The monoisotopic (exact) mass is 446 g/mol. The molecule has 2 amide bonds. The van der Waals surface area contributed by atoms with Gasteiger partial charge < -0.3 is 15.2 Å². The molecule has 0 aromatic heterocycles. The lowest BCUT2D eigenvalue weighted by molar-refractivity contribution is -0.140. The van der Waals surface area contributed by atoms with Crippen LogP contribution in [0, 0.1) is 5.82 Å². The molecule has 30 heavy (non-hydrogen) atoms. The van der Waals surface area contributed by atoms with Crippen LogP contribution in [0.25, 0.3) is 0 Å². The van der Waals surface area contributed by atoms with E-state index in [1.807, 2.05) is 0 Å². The summed E-state index contributed by atoms with van der Waals surface area (Å²) in [7, 11) is 0. The third kappa shape index (κ3) is 6.38. The summed E-state index contributed by atoms with van der Waals surface area (Å²) >= 11 is 5.80. The van der Waals surface area contributed by atoms with Gasteiger partial charge >= 0.3 is 12.1 Å². The van der Waals surface area contributed by atoms with Gasteiger partial charge in [0.15, 0.2) is 5.78 Å². The number of aliphatic carboxylic acids is 1. The summed E-state index contributed by atoms with van der Waals surface area (Å²) in [5, 5.41) is 11.3. The normalized spacial score (nSPS) is 17.2. The topological polar surface area (TPSA) is 113 Å². The number of amides is 2. The number of likely N-dealkylation sites (tertiary alicyclic amines) is 1. The molecule has 0 aliphatic carbocycles. The molecule has 1 fully saturated rings. The van der Waals surface area contributed by atoms with Crippen LogP contribution >= 0.6 is 11.6 Å². The first-order valence-corrected chi connectivity index (χ1v) is 9.59. The van der Waals surface area contributed by atoms with Gasteiger partial charge in [0.05, 0.1) is 6.42 Å². The zero-order valence-electron chi connectivity index (χ0n) is 15.9. The molecule has 1 aromatic carbocycles. The van der Waals surface area contributed by atoms with Crippen LogP contribution in [0.4, 0.5) is 13.6 Å². The van der Waals surface area contributed by atoms with Crippen LogP contribution in [0.15, 0.2) is 18.2 Å². The third-order valence-corrected chi connectivity index (χ3v) is 4.85. The van der Waals surface area contributed by atoms with Gasteiger partial charge in [-0.25, -0.2) is 13.6 Å². The Morgan fingerprint density at radius 1 is 1.30 bits per heavy atom.